The van der Waals surface area contributed by atoms with Crippen LogP contribution in [0.3, 0.4) is 0 Å². The van der Waals surface area contributed by atoms with Gasteiger partial charge in [-0.05, 0) is 43.7 Å². The molecule has 0 aliphatic heterocycles. The normalized spacial score (nSPS) is 11.1. The number of nitrogens with zero attached hydrogens (tertiary/aromatic N) is 1. The molecular weight excluding hydrogens is 448 g/mol. The number of nitrogens with one attached hydrogen (secondary N) is 1. The lowest BCUT2D eigenvalue weighted by molar-refractivity contribution is -0.384. The Morgan fingerprint density at radius 3 is 2.09 bits per heavy atom. The molecule has 34 heavy (non-hydrogen) atoms. The van der Waals surface area contributed by atoms with E-state index in [1.165, 1.54) is 42.5 Å². The fraction of sp³-hybridized carbons (Fsp3) is 0.261. The third-order valence-corrected chi connectivity index (χ3v) is 4.08. The van der Waals surface area contributed by atoms with Crippen LogP contribution in [0.2, 0.25) is 0 Å². The van der Waals surface area contributed by atoms with Crippen molar-refractivity contribution in [2.24, 2.45) is 0 Å². The lowest BCUT2D eigenvalue weighted by Gasteiger charge is -2.18. The second-order valence-electron chi connectivity index (χ2n) is 7.12. The van der Waals surface area contributed by atoms with Gasteiger partial charge in [0.1, 0.15) is 24.1 Å². The maximum Gasteiger partial charge on any atom is 0.519 e. The van der Waals surface area contributed by atoms with Crippen molar-refractivity contribution in [2.45, 2.75) is 32.4 Å². The molecule has 2 aromatic rings. The van der Waals surface area contributed by atoms with Crippen LogP contribution in [0.1, 0.15) is 19.4 Å². The molecule has 11 heteroatoms. The van der Waals surface area contributed by atoms with E-state index in [-0.39, 0.29) is 36.3 Å². The van der Waals surface area contributed by atoms with Crippen LogP contribution in [0, 0.1) is 10.1 Å². The van der Waals surface area contributed by atoms with Gasteiger partial charge in [-0.25, -0.2) is 14.4 Å². The van der Waals surface area contributed by atoms with Gasteiger partial charge in [0.2, 0.25) is 0 Å². The number of benzene rings is 2. The topological polar surface area (TPSA) is 143 Å². The summed E-state index contributed by atoms with van der Waals surface area (Å²) in [5.74, 6) is -0.423. The molecule has 11 nitrogen and oxygen atoms in total. The molecule has 0 aliphatic carbocycles. The van der Waals surface area contributed by atoms with Gasteiger partial charge >= 0.3 is 18.2 Å². The average molecular weight is 472 g/mol. The highest BCUT2D eigenvalue weighted by Crippen LogP contribution is 2.19. The van der Waals surface area contributed by atoms with Gasteiger partial charge in [-0.2, -0.15) is 0 Å². The van der Waals surface area contributed by atoms with E-state index in [9.17, 15) is 24.5 Å². The maximum absolute atomic E-state index is 12.3. The number of esters is 1. The van der Waals surface area contributed by atoms with Crippen molar-refractivity contribution < 1.29 is 38.3 Å². The number of carbonyl (C=O) groups is 3. The van der Waals surface area contributed by atoms with Gasteiger partial charge in [-0.1, -0.05) is 24.8 Å². The second kappa shape index (κ2) is 12.6. The zero-order chi connectivity index (χ0) is 25.1. The Morgan fingerprint density at radius 2 is 1.59 bits per heavy atom. The summed E-state index contributed by atoms with van der Waals surface area (Å²) in [6.07, 6.45) is -0.665. The van der Waals surface area contributed by atoms with E-state index in [1.54, 1.807) is 26.0 Å². The number of hydrogen-bond donors (Lipinski definition) is 1. The van der Waals surface area contributed by atoms with Gasteiger partial charge in [0.15, 0.2) is 0 Å². The first-order chi connectivity index (χ1) is 16.2. The first kappa shape index (κ1) is 25.8. The van der Waals surface area contributed by atoms with Crippen molar-refractivity contribution in [2.75, 3.05) is 6.61 Å². The number of alkyl carbamates (subject to hydrolysis) is 1. The smallest absolute Gasteiger partial charge is 0.460 e. The minimum atomic E-state index is -1.04. The average Bonchev–Trinajstić information content (AvgIpc) is 2.78. The molecule has 1 amide bonds. The summed E-state index contributed by atoms with van der Waals surface area (Å²) >= 11 is 0. The number of hydrogen-bond acceptors (Lipinski definition) is 9. The van der Waals surface area contributed by atoms with Gasteiger partial charge in [0, 0.05) is 18.6 Å². The summed E-state index contributed by atoms with van der Waals surface area (Å²) in [4.78, 5) is 46.3. The van der Waals surface area contributed by atoms with Crippen LogP contribution in [0.15, 0.2) is 61.2 Å². The highest BCUT2D eigenvalue weighted by molar-refractivity contribution is 5.81. The van der Waals surface area contributed by atoms with Gasteiger partial charge in [0.25, 0.3) is 5.69 Å². The molecule has 0 radical (unpaired) electrons. The Kier molecular flexibility index (Phi) is 9.56. The lowest BCUT2D eigenvalue weighted by atomic mass is 10.1. The zero-order valence-corrected chi connectivity index (χ0v) is 18.6. The summed E-state index contributed by atoms with van der Waals surface area (Å²) in [7, 11) is 0. The number of amides is 1. The quantitative estimate of drug-likeness (QED) is 0.179. The van der Waals surface area contributed by atoms with Crippen LogP contribution < -0.4 is 14.8 Å². The van der Waals surface area contributed by atoms with Crippen molar-refractivity contribution >= 4 is 23.9 Å². The fourth-order valence-electron chi connectivity index (χ4n) is 2.60. The summed E-state index contributed by atoms with van der Waals surface area (Å²) in [6, 6.07) is 10.1. The Balaban J connectivity index is 1.98. The van der Waals surface area contributed by atoms with Crippen molar-refractivity contribution in [1.82, 2.24) is 5.32 Å². The molecular formula is C23H24N2O9. The van der Waals surface area contributed by atoms with E-state index in [2.05, 4.69) is 11.9 Å². The predicted octanol–water partition coefficient (Wildman–Crippen LogP) is 3.95. The van der Waals surface area contributed by atoms with E-state index in [0.29, 0.717) is 5.56 Å². The third-order valence-electron chi connectivity index (χ3n) is 4.08. The van der Waals surface area contributed by atoms with Crippen LogP contribution >= 0.6 is 0 Å². The largest absolute Gasteiger partial charge is 0.519 e. The molecule has 0 heterocycles. The first-order valence-electron chi connectivity index (χ1n) is 10.2. The van der Waals surface area contributed by atoms with Crippen molar-refractivity contribution in [1.29, 1.82) is 0 Å². The van der Waals surface area contributed by atoms with Crippen molar-refractivity contribution in [3.05, 3.63) is 76.9 Å². The standard InChI is InChI=1S/C23H24N2O9/c1-4-13-31-21(26)20(24-22(27)32-15(2)3)14-16-5-9-18(10-6-16)33-23(28)34-19-11-7-17(8-12-19)25(29)30/h4-12,15,20H,1,13-14H2,2-3H3,(H,24,27)/t20-/m0/s1. The van der Waals surface area contributed by atoms with Crippen LogP contribution in [0.25, 0.3) is 0 Å². The number of non-ortho nitro benzene ring substituents is 1. The molecule has 2 rings (SSSR count). The molecule has 0 fully saturated rings. The summed E-state index contributed by atoms with van der Waals surface area (Å²) in [5, 5.41) is 13.1. The summed E-state index contributed by atoms with van der Waals surface area (Å²) in [6.45, 7) is 6.82. The molecule has 0 saturated carbocycles. The minimum absolute atomic E-state index is 0.0140. The lowest BCUT2D eigenvalue weighted by Crippen LogP contribution is -2.44. The van der Waals surface area contributed by atoms with E-state index >= 15 is 0 Å². The summed E-state index contributed by atoms with van der Waals surface area (Å²) < 4.78 is 20.1. The van der Waals surface area contributed by atoms with E-state index in [1.807, 2.05) is 0 Å². The van der Waals surface area contributed by atoms with Crippen LogP contribution in [0.5, 0.6) is 11.5 Å². The number of nitro benzene ring substituents is 1. The Hall–Kier alpha value is -4.41. The van der Waals surface area contributed by atoms with Crippen LogP contribution in [-0.4, -0.2) is 41.9 Å². The highest BCUT2D eigenvalue weighted by Gasteiger charge is 2.24. The molecule has 2 aromatic carbocycles. The van der Waals surface area contributed by atoms with Crippen LogP contribution in [0.4, 0.5) is 15.3 Å². The zero-order valence-electron chi connectivity index (χ0n) is 18.6. The Labute approximate surface area is 195 Å². The molecule has 180 valence electrons. The van der Waals surface area contributed by atoms with Gasteiger partial charge in [-0.3, -0.25) is 10.1 Å². The van der Waals surface area contributed by atoms with Crippen LogP contribution in [-0.2, 0) is 20.7 Å². The summed E-state index contributed by atoms with van der Waals surface area (Å²) in [5.41, 5.74) is 0.497. The van der Waals surface area contributed by atoms with E-state index in [4.69, 9.17) is 18.9 Å². The number of nitro groups is 1. The van der Waals surface area contributed by atoms with Crippen molar-refractivity contribution in [3.63, 3.8) is 0 Å². The number of ether oxygens (including phenoxy) is 4. The number of rotatable bonds is 10. The molecule has 1 N–H and O–H groups in total. The maximum atomic E-state index is 12.3. The molecule has 0 bridgehead atoms. The minimum Gasteiger partial charge on any atom is -0.460 e. The molecule has 0 saturated heterocycles. The van der Waals surface area contributed by atoms with Crippen molar-refractivity contribution in [3.8, 4) is 11.5 Å². The second-order valence-corrected chi connectivity index (χ2v) is 7.12. The molecule has 1 atom stereocenters. The Morgan fingerprint density at radius 1 is 1.03 bits per heavy atom. The number of carbonyl (C=O) groups excluding carboxylic acids is 3. The van der Waals surface area contributed by atoms with Gasteiger partial charge < -0.3 is 24.3 Å². The SMILES string of the molecule is C=CCOC(=O)[C@H](Cc1ccc(OC(=O)Oc2ccc([N+](=O)[O-])cc2)cc1)NC(=O)OC(C)C. The van der Waals surface area contributed by atoms with Gasteiger partial charge in [0.05, 0.1) is 11.0 Å². The predicted molar refractivity (Wildman–Crippen MR) is 120 cm³/mol. The fourth-order valence-corrected chi connectivity index (χ4v) is 2.60. The highest BCUT2D eigenvalue weighted by atomic mass is 16.7. The Bertz CT molecular complexity index is 1020. The third kappa shape index (κ3) is 8.61. The van der Waals surface area contributed by atoms with E-state index in [0.717, 1.165) is 0 Å². The molecule has 0 aliphatic rings. The monoisotopic (exact) mass is 472 g/mol. The first-order valence-corrected chi connectivity index (χ1v) is 10.2. The molecule has 0 aromatic heterocycles. The molecule has 0 spiro atoms. The van der Waals surface area contributed by atoms with E-state index < -0.39 is 29.2 Å². The van der Waals surface area contributed by atoms with Gasteiger partial charge in [-0.15, -0.1) is 0 Å². The molecule has 0 unspecified atom stereocenters.